The molecule has 0 aliphatic carbocycles. The Morgan fingerprint density at radius 2 is 2.05 bits per heavy atom. The van der Waals surface area contributed by atoms with Crippen LogP contribution in [0.4, 0.5) is 4.79 Å². The molecule has 1 atom stereocenters. The minimum Gasteiger partial charge on any atom is -0.341 e. The Bertz CT molecular complexity index is 462. The molecule has 4 amide bonds. The van der Waals surface area contributed by atoms with E-state index in [0.717, 1.165) is 17.9 Å². The van der Waals surface area contributed by atoms with Gasteiger partial charge in [-0.2, -0.15) is 0 Å². The van der Waals surface area contributed by atoms with E-state index in [-0.39, 0.29) is 18.4 Å². The largest absolute Gasteiger partial charge is 0.341 e. The van der Waals surface area contributed by atoms with Crippen molar-refractivity contribution in [2.24, 2.45) is 5.92 Å². The first-order valence-corrected chi connectivity index (χ1v) is 8.04. The quantitative estimate of drug-likeness (QED) is 0.685. The van der Waals surface area contributed by atoms with Crippen molar-refractivity contribution in [2.45, 2.75) is 38.6 Å². The smallest absolute Gasteiger partial charge is 0.325 e. The lowest BCUT2D eigenvalue weighted by Gasteiger charge is -2.24. The van der Waals surface area contributed by atoms with Crippen molar-refractivity contribution in [3.05, 3.63) is 0 Å². The van der Waals surface area contributed by atoms with Crippen LogP contribution in [0.25, 0.3) is 0 Å². The van der Waals surface area contributed by atoms with Gasteiger partial charge in [-0.15, -0.1) is 0 Å². The van der Waals surface area contributed by atoms with Gasteiger partial charge in [0.05, 0.1) is 0 Å². The highest BCUT2D eigenvalue weighted by Gasteiger charge is 2.49. The number of hydrogen-bond donors (Lipinski definition) is 2. The number of amides is 4. The molecule has 2 aliphatic heterocycles. The van der Waals surface area contributed by atoms with Crippen LogP contribution in [0, 0.1) is 5.92 Å². The lowest BCUT2D eigenvalue weighted by molar-refractivity contribution is -0.138. The van der Waals surface area contributed by atoms with Gasteiger partial charge < -0.3 is 15.5 Å². The third-order valence-electron chi connectivity index (χ3n) is 4.88. The molecule has 124 valence electrons. The SMILES string of the molecule is CCC1(CC)NC(=O)N(CC(=O)N2CC[C@H](CNC)C2)C1=O. The van der Waals surface area contributed by atoms with Gasteiger partial charge in [0.1, 0.15) is 12.1 Å². The van der Waals surface area contributed by atoms with Gasteiger partial charge >= 0.3 is 6.03 Å². The van der Waals surface area contributed by atoms with Gasteiger partial charge in [0.15, 0.2) is 0 Å². The minimum atomic E-state index is -0.836. The maximum absolute atomic E-state index is 12.5. The number of nitrogens with one attached hydrogen (secondary N) is 2. The van der Waals surface area contributed by atoms with E-state index in [2.05, 4.69) is 10.6 Å². The summed E-state index contributed by atoms with van der Waals surface area (Å²) >= 11 is 0. The number of nitrogens with zero attached hydrogens (tertiary/aromatic N) is 2. The zero-order chi connectivity index (χ0) is 16.3. The van der Waals surface area contributed by atoms with Gasteiger partial charge in [-0.05, 0) is 38.8 Å². The summed E-state index contributed by atoms with van der Waals surface area (Å²) < 4.78 is 0. The number of carbonyl (C=O) groups excluding carboxylic acids is 3. The summed E-state index contributed by atoms with van der Waals surface area (Å²) in [5.74, 6) is 0.0226. The molecule has 2 aliphatic rings. The molecule has 22 heavy (non-hydrogen) atoms. The first-order valence-electron chi connectivity index (χ1n) is 8.04. The van der Waals surface area contributed by atoms with Crippen molar-refractivity contribution < 1.29 is 14.4 Å². The Kier molecular flexibility index (Phi) is 5.05. The average Bonchev–Trinajstić information content (AvgIpc) is 3.06. The predicted molar refractivity (Wildman–Crippen MR) is 82.2 cm³/mol. The van der Waals surface area contributed by atoms with Crippen LogP contribution in [0.1, 0.15) is 33.1 Å². The number of hydrogen-bond acceptors (Lipinski definition) is 4. The van der Waals surface area contributed by atoms with E-state index in [9.17, 15) is 14.4 Å². The maximum Gasteiger partial charge on any atom is 0.325 e. The lowest BCUT2D eigenvalue weighted by atomic mass is 9.93. The van der Waals surface area contributed by atoms with Gasteiger partial charge in [-0.1, -0.05) is 13.8 Å². The molecule has 0 aromatic heterocycles. The van der Waals surface area contributed by atoms with Crippen molar-refractivity contribution in [2.75, 3.05) is 33.2 Å². The second-order valence-electron chi connectivity index (χ2n) is 6.16. The minimum absolute atomic E-state index is 0.148. The number of urea groups is 1. The molecular formula is C15H26N4O3. The van der Waals surface area contributed by atoms with Crippen LogP contribution in [0.5, 0.6) is 0 Å². The second kappa shape index (κ2) is 6.64. The fourth-order valence-corrected chi connectivity index (χ4v) is 3.30. The molecule has 0 aromatic rings. The monoisotopic (exact) mass is 310 g/mol. The van der Waals surface area contributed by atoms with E-state index in [1.165, 1.54) is 0 Å². The third-order valence-corrected chi connectivity index (χ3v) is 4.88. The molecule has 2 rings (SSSR count). The summed E-state index contributed by atoms with van der Waals surface area (Å²) in [5, 5.41) is 5.86. The van der Waals surface area contributed by atoms with Crippen LogP contribution in [0.3, 0.4) is 0 Å². The molecule has 2 saturated heterocycles. The molecular weight excluding hydrogens is 284 g/mol. The van der Waals surface area contributed by atoms with E-state index in [1.807, 2.05) is 20.9 Å². The molecule has 0 aromatic carbocycles. The van der Waals surface area contributed by atoms with E-state index >= 15 is 0 Å². The Morgan fingerprint density at radius 3 is 2.59 bits per heavy atom. The van der Waals surface area contributed by atoms with Crippen molar-refractivity contribution in [3.8, 4) is 0 Å². The van der Waals surface area contributed by atoms with Crippen LogP contribution < -0.4 is 10.6 Å². The van der Waals surface area contributed by atoms with Gasteiger partial charge in [-0.3, -0.25) is 14.5 Å². The van der Waals surface area contributed by atoms with Crippen LogP contribution in [-0.2, 0) is 9.59 Å². The first kappa shape index (κ1) is 16.7. The fraction of sp³-hybridized carbons (Fsp3) is 0.800. The van der Waals surface area contributed by atoms with E-state index < -0.39 is 11.6 Å². The molecule has 0 unspecified atom stereocenters. The zero-order valence-corrected chi connectivity index (χ0v) is 13.6. The van der Waals surface area contributed by atoms with Gasteiger partial charge in [0.2, 0.25) is 5.91 Å². The van der Waals surface area contributed by atoms with E-state index in [4.69, 9.17) is 0 Å². The van der Waals surface area contributed by atoms with Crippen molar-refractivity contribution in [1.82, 2.24) is 20.4 Å². The predicted octanol–water partition coefficient (Wildman–Crippen LogP) is 0.165. The van der Waals surface area contributed by atoms with Crippen LogP contribution >= 0.6 is 0 Å². The van der Waals surface area contributed by atoms with E-state index in [1.54, 1.807) is 4.90 Å². The van der Waals surface area contributed by atoms with E-state index in [0.29, 0.717) is 31.8 Å². The summed E-state index contributed by atoms with van der Waals surface area (Å²) in [6.07, 6.45) is 2.03. The summed E-state index contributed by atoms with van der Waals surface area (Å²) in [4.78, 5) is 39.7. The van der Waals surface area contributed by atoms with Crippen LogP contribution in [0.15, 0.2) is 0 Å². The average molecular weight is 310 g/mol. The van der Waals surface area contributed by atoms with Crippen molar-refractivity contribution in [3.63, 3.8) is 0 Å². The summed E-state index contributed by atoms with van der Waals surface area (Å²) in [5.41, 5.74) is -0.836. The number of likely N-dealkylation sites (tertiary alicyclic amines) is 1. The molecule has 7 heteroatoms. The molecule has 2 N–H and O–H groups in total. The molecule has 2 fully saturated rings. The standard InChI is InChI=1S/C15H26N4O3/c1-4-15(5-2)13(21)19(14(22)17-15)10-12(20)18-7-6-11(9-18)8-16-3/h11,16H,4-10H2,1-3H3,(H,17,22)/t11-/m1/s1. The molecule has 0 saturated carbocycles. The molecule has 0 bridgehead atoms. The van der Waals surface area contributed by atoms with Crippen molar-refractivity contribution in [1.29, 1.82) is 0 Å². The molecule has 2 heterocycles. The maximum atomic E-state index is 12.5. The van der Waals surface area contributed by atoms with Gasteiger partial charge in [0.25, 0.3) is 5.91 Å². The molecule has 7 nitrogen and oxygen atoms in total. The molecule has 0 radical (unpaired) electrons. The normalized spacial score (nSPS) is 24.0. The Labute approximate surface area is 131 Å². The highest BCUT2D eigenvalue weighted by molar-refractivity contribution is 6.08. The first-order chi connectivity index (χ1) is 10.5. The van der Waals surface area contributed by atoms with Gasteiger partial charge in [0, 0.05) is 13.1 Å². The number of imide groups is 1. The Morgan fingerprint density at radius 1 is 1.36 bits per heavy atom. The zero-order valence-electron chi connectivity index (χ0n) is 13.6. The number of rotatable bonds is 6. The lowest BCUT2D eigenvalue weighted by Crippen LogP contribution is -2.47. The van der Waals surface area contributed by atoms with Crippen LogP contribution in [0.2, 0.25) is 0 Å². The molecule has 0 spiro atoms. The summed E-state index contributed by atoms with van der Waals surface area (Å²) in [7, 11) is 1.90. The fourth-order valence-electron chi connectivity index (χ4n) is 3.30. The number of carbonyl (C=O) groups is 3. The summed E-state index contributed by atoms with van der Waals surface area (Å²) in [6.45, 7) is 5.85. The Hall–Kier alpha value is -1.63. The third kappa shape index (κ3) is 2.95. The summed E-state index contributed by atoms with van der Waals surface area (Å²) in [6, 6.07) is -0.451. The van der Waals surface area contributed by atoms with Gasteiger partial charge in [-0.25, -0.2) is 4.79 Å². The van der Waals surface area contributed by atoms with Crippen molar-refractivity contribution >= 4 is 17.8 Å². The topological polar surface area (TPSA) is 81.8 Å². The second-order valence-corrected chi connectivity index (χ2v) is 6.16. The highest BCUT2D eigenvalue weighted by atomic mass is 16.2. The highest BCUT2D eigenvalue weighted by Crippen LogP contribution is 2.25. The Balaban J connectivity index is 1.97. The van der Waals surface area contributed by atoms with Crippen LogP contribution in [-0.4, -0.2) is 66.4 Å².